The smallest absolute Gasteiger partial charge is 0.347 e. The van der Waals surface area contributed by atoms with Gasteiger partial charge in [0.25, 0.3) is 0 Å². The fraction of sp³-hybridized carbons (Fsp3) is 0.0690. The van der Waals surface area contributed by atoms with Gasteiger partial charge in [-0.1, -0.05) is 54.6 Å². The summed E-state index contributed by atoms with van der Waals surface area (Å²) in [6.45, 7) is 3.75. The van der Waals surface area contributed by atoms with Gasteiger partial charge in [0, 0.05) is 29.3 Å². The van der Waals surface area contributed by atoms with Gasteiger partial charge in [0.1, 0.15) is 17.1 Å². The molecule has 0 amide bonds. The third-order valence-corrected chi connectivity index (χ3v) is 5.22. The molecule has 182 valence electrons. The number of methoxy groups -OCH3 is 1. The number of ketones is 2. The van der Waals surface area contributed by atoms with Crippen LogP contribution in [0.1, 0.15) is 21.8 Å². The minimum absolute atomic E-state index is 0.0737. The number of phenols is 1. The first-order valence-corrected chi connectivity index (χ1v) is 10.9. The predicted molar refractivity (Wildman–Crippen MR) is 136 cm³/mol. The Hall–Kier alpha value is -4.91. The first-order valence-electron chi connectivity index (χ1n) is 10.9. The quantitative estimate of drug-likeness (QED) is 0.171. The SMILES string of the molecule is C=CC(C1=CC(=O)C(OC)=CC1=O)c1ccccc1.Nc1ccc(C(=O)Oc2ccccc2)c(O)c1. The van der Waals surface area contributed by atoms with Gasteiger partial charge in [-0.15, -0.1) is 6.58 Å². The third kappa shape index (κ3) is 6.36. The van der Waals surface area contributed by atoms with Gasteiger partial charge in [0.15, 0.2) is 11.5 Å². The molecule has 7 heteroatoms. The molecule has 1 aliphatic rings. The Morgan fingerprint density at radius 3 is 2.17 bits per heavy atom. The zero-order chi connectivity index (χ0) is 26.1. The summed E-state index contributed by atoms with van der Waals surface area (Å²) < 4.78 is 9.94. The molecule has 36 heavy (non-hydrogen) atoms. The number of allylic oxidation sites excluding steroid dienone is 4. The van der Waals surface area contributed by atoms with Crippen molar-refractivity contribution in [2.24, 2.45) is 0 Å². The summed E-state index contributed by atoms with van der Waals surface area (Å²) in [6, 6.07) is 22.4. The van der Waals surface area contributed by atoms with E-state index in [1.54, 1.807) is 30.3 Å². The topological polar surface area (TPSA) is 116 Å². The van der Waals surface area contributed by atoms with Crippen molar-refractivity contribution in [2.45, 2.75) is 5.92 Å². The Labute approximate surface area is 208 Å². The van der Waals surface area contributed by atoms with Crippen LogP contribution in [0.15, 0.2) is 115 Å². The molecule has 3 aromatic rings. The number of phenolic OH excluding ortho intramolecular Hbond substituents is 1. The average Bonchev–Trinajstić information content (AvgIpc) is 2.88. The maximum Gasteiger partial charge on any atom is 0.347 e. The third-order valence-electron chi connectivity index (χ3n) is 5.22. The Morgan fingerprint density at radius 1 is 0.944 bits per heavy atom. The number of carbonyl (C=O) groups excluding carboxylic acids is 3. The van der Waals surface area contributed by atoms with Gasteiger partial charge >= 0.3 is 5.97 Å². The van der Waals surface area contributed by atoms with Crippen LogP contribution in [0, 0.1) is 0 Å². The monoisotopic (exact) mass is 483 g/mol. The van der Waals surface area contributed by atoms with Crippen molar-refractivity contribution < 1.29 is 29.0 Å². The first-order chi connectivity index (χ1) is 17.3. The van der Waals surface area contributed by atoms with Gasteiger partial charge in [-0.2, -0.15) is 0 Å². The highest BCUT2D eigenvalue weighted by molar-refractivity contribution is 6.19. The molecule has 0 saturated carbocycles. The van der Waals surface area contributed by atoms with Crippen LogP contribution in [0.4, 0.5) is 5.69 Å². The molecule has 0 bridgehead atoms. The molecule has 3 aromatic carbocycles. The summed E-state index contributed by atoms with van der Waals surface area (Å²) in [5, 5.41) is 9.56. The van der Waals surface area contributed by atoms with Crippen molar-refractivity contribution in [3.8, 4) is 11.5 Å². The number of aromatic hydroxyl groups is 1. The Morgan fingerprint density at radius 2 is 1.58 bits per heavy atom. The summed E-state index contributed by atoms with van der Waals surface area (Å²) in [5.41, 5.74) is 7.29. The number of hydrogen-bond donors (Lipinski definition) is 2. The van der Waals surface area contributed by atoms with Gasteiger partial charge in [-0.05, 0) is 35.9 Å². The second-order valence-corrected chi connectivity index (χ2v) is 7.64. The Bertz CT molecular complexity index is 1330. The number of benzene rings is 3. The highest BCUT2D eigenvalue weighted by atomic mass is 16.5. The van der Waals surface area contributed by atoms with E-state index in [1.165, 1.54) is 37.5 Å². The summed E-state index contributed by atoms with van der Waals surface area (Å²) in [5.74, 6) is -1.10. The van der Waals surface area contributed by atoms with Gasteiger partial charge in [-0.25, -0.2) is 4.79 Å². The maximum atomic E-state index is 12.1. The van der Waals surface area contributed by atoms with Crippen LogP contribution >= 0.6 is 0 Å². The molecular formula is C29H25NO6. The van der Waals surface area contributed by atoms with Crippen LogP contribution < -0.4 is 10.5 Å². The fourth-order valence-corrected chi connectivity index (χ4v) is 3.43. The number of para-hydroxylation sites is 1. The van der Waals surface area contributed by atoms with Gasteiger partial charge in [0.2, 0.25) is 5.78 Å². The van der Waals surface area contributed by atoms with E-state index >= 15 is 0 Å². The van der Waals surface area contributed by atoms with Crippen molar-refractivity contribution in [3.63, 3.8) is 0 Å². The molecule has 0 aromatic heterocycles. The van der Waals surface area contributed by atoms with E-state index in [4.69, 9.17) is 15.2 Å². The summed E-state index contributed by atoms with van der Waals surface area (Å²) in [4.78, 5) is 35.6. The lowest BCUT2D eigenvalue weighted by atomic mass is 9.85. The van der Waals surface area contributed by atoms with Gasteiger partial charge in [0.05, 0.1) is 7.11 Å². The van der Waals surface area contributed by atoms with E-state index in [2.05, 4.69) is 6.58 Å². The van der Waals surface area contributed by atoms with E-state index < -0.39 is 5.97 Å². The van der Waals surface area contributed by atoms with Crippen molar-refractivity contribution in [1.29, 1.82) is 0 Å². The molecule has 1 aliphatic carbocycles. The van der Waals surface area contributed by atoms with Gasteiger partial charge in [-0.3, -0.25) is 9.59 Å². The van der Waals surface area contributed by atoms with Crippen molar-refractivity contribution >= 4 is 23.2 Å². The molecular weight excluding hydrogens is 458 g/mol. The molecule has 0 fully saturated rings. The lowest BCUT2D eigenvalue weighted by Gasteiger charge is -2.18. The fourth-order valence-electron chi connectivity index (χ4n) is 3.43. The number of anilines is 1. The number of rotatable bonds is 6. The highest BCUT2D eigenvalue weighted by Gasteiger charge is 2.26. The zero-order valence-electron chi connectivity index (χ0n) is 19.6. The molecule has 0 heterocycles. The van der Waals surface area contributed by atoms with E-state index in [9.17, 15) is 19.5 Å². The molecule has 1 atom stereocenters. The lowest BCUT2D eigenvalue weighted by Crippen LogP contribution is -2.18. The number of nitrogen functional groups attached to an aromatic ring is 1. The zero-order valence-corrected chi connectivity index (χ0v) is 19.6. The van der Waals surface area contributed by atoms with Crippen LogP contribution in [0.5, 0.6) is 11.5 Å². The van der Waals surface area contributed by atoms with Crippen LogP contribution in [0.2, 0.25) is 0 Å². The average molecular weight is 484 g/mol. The molecule has 0 saturated heterocycles. The van der Waals surface area contributed by atoms with Crippen molar-refractivity contribution in [2.75, 3.05) is 12.8 Å². The number of hydrogen-bond acceptors (Lipinski definition) is 7. The predicted octanol–water partition coefficient (Wildman–Crippen LogP) is 4.76. The number of ether oxygens (including phenoxy) is 2. The van der Waals surface area contributed by atoms with Crippen LogP contribution in [0.25, 0.3) is 0 Å². The molecule has 4 rings (SSSR count). The van der Waals surface area contributed by atoms with Crippen LogP contribution in [-0.2, 0) is 14.3 Å². The molecule has 0 spiro atoms. The van der Waals surface area contributed by atoms with E-state index in [0.717, 1.165) is 5.56 Å². The molecule has 0 radical (unpaired) electrons. The Kier molecular flexibility index (Phi) is 8.56. The van der Waals surface area contributed by atoms with Crippen molar-refractivity contribution in [1.82, 2.24) is 0 Å². The normalized spacial score (nSPS) is 13.4. The summed E-state index contributed by atoms with van der Waals surface area (Å²) in [6.07, 6.45) is 4.23. The second-order valence-electron chi connectivity index (χ2n) is 7.64. The van der Waals surface area contributed by atoms with E-state index in [-0.39, 0.29) is 34.6 Å². The number of nitrogens with two attached hydrogens (primary N) is 1. The number of esters is 1. The molecule has 0 aliphatic heterocycles. The minimum Gasteiger partial charge on any atom is -0.507 e. The largest absolute Gasteiger partial charge is 0.507 e. The van der Waals surface area contributed by atoms with Gasteiger partial charge < -0.3 is 20.3 Å². The van der Waals surface area contributed by atoms with E-state index in [1.807, 2.05) is 36.4 Å². The summed E-state index contributed by atoms with van der Waals surface area (Å²) in [7, 11) is 1.37. The molecule has 7 nitrogen and oxygen atoms in total. The lowest BCUT2D eigenvalue weighted by molar-refractivity contribution is -0.117. The minimum atomic E-state index is -0.617. The van der Waals surface area contributed by atoms with E-state index in [0.29, 0.717) is 17.0 Å². The van der Waals surface area contributed by atoms with Crippen molar-refractivity contribution in [3.05, 3.63) is 126 Å². The molecule has 3 N–H and O–H groups in total. The summed E-state index contributed by atoms with van der Waals surface area (Å²) >= 11 is 0. The first kappa shape index (κ1) is 25.7. The van der Waals surface area contributed by atoms with Crippen LogP contribution in [-0.4, -0.2) is 29.8 Å². The second kappa shape index (κ2) is 12.0. The number of carbonyl (C=O) groups is 3. The maximum absolute atomic E-state index is 12.1. The highest BCUT2D eigenvalue weighted by Crippen LogP contribution is 2.29. The standard InChI is InChI=1S/C16H14O3.C13H11NO3/c1-3-12(11-7-5-4-6-8-11)13-9-15(18)16(19-2)10-14(13)17;14-9-6-7-11(12(15)8-9)13(16)17-10-4-2-1-3-5-10/h3-10,12H,1H2,2H3;1-8,15H,14H2. The Balaban J connectivity index is 0.000000202. The molecule has 1 unspecified atom stereocenters. The van der Waals surface area contributed by atoms with Crippen LogP contribution in [0.3, 0.4) is 0 Å².